The molecule has 3 N–H and O–H groups in total. The third kappa shape index (κ3) is 3.11. The smallest absolute Gasteiger partial charge is 0.341 e. The Bertz CT molecular complexity index is 797. The van der Waals surface area contributed by atoms with Gasteiger partial charge in [0.2, 0.25) is 5.91 Å². The highest BCUT2D eigenvalue weighted by Crippen LogP contribution is 2.21. The molecule has 1 heterocycles. The summed E-state index contributed by atoms with van der Waals surface area (Å²) >= 11 is 0. The molecule has 2 rings (SSSR count). The lowest BCUT2D eigenvalue weighted by Gasteiger charge is -2.08. The quantitative estimate of drug-likeness (QED) is 0.807. The van der Waals surface area contributed by atoms with Gasteiger partial charge < -0.3 is 15.6 Å². The van der Waals surface area contributed by atoms with Crippen LogP contribution in [0.4, 0.5) is 0 Å². The van der Waals surface area contributed by atoms with Crippen molar-refractivity contribution in [3.63, 3.8) is 0 Å². The second-order valence-corrected chi connectivity index (χ2v) is 4.41. The maximum absolute atomic E-state index is 11.9. The third-order valence-electron chi connectivity index (χ3n) is 2.88. The predicted octanol–water partition coefficient (Wildman–Crippen LogP) is 0.102. The van der Waals surface area contributed by atoms with Gasteiger partial charge in [-0.3, -0.25) is 9.59 Å². The summed E-state index contributed by atoms with van der Waals surface area (Å²) in [6.45, 7) is -0.503. The largest absolute Gasteiger partial charge is 0.497 e. The van der Waals surface area contributed by atoms with E-state index in [0.717, 1.165) is 10.7 Å². The Labute approximate surface area is 124 Å². The number of rotatable bonds is 5. The minimum absolute atomic E-state index is 0.220. The number of benzene rings is 1. The molecule has 0 aliphatic rings. The topological polar surface area (TPSA) is 125 Å². The van der Waals surface area contributed by atoms with Gasteiger partial charge in [0.1, 0.15) is 17.9 Å². The van der Waals surface area contributed by atoms with Crippen molar-refractivity contribution in [3.05, 3.63) is 46.2 Å². The van der Waals surface area contributed by atoms with Gasteiger partial charge in [0.15, 0.2) is 0 Å². The van der Waals surface area contributed by atoms with Crippen molar-refractivity contribution in [1.29, 1.82) is 0 Å². The van der Waals surface area contributed by atoms with Crippen molar-refractivity contribution in [1.82, 2.24) is 9.78 Å². The maximum atomic E-state index is 11.9. The van der Waals surface area contributed by atoms with Crippen molar-refractivity contribution < 1.29 is 19.4 Å². The molecule has 0 saturated heterocycles. The third-order valence-corrected chi connectivity index (χ3v) is 2.88. The molecule has 1 aromatic carbocycles. The van der Waals surface area contributed by atoms with Crippen molar-refractivity contribution in [2.45, 2.75) is 6.54 Å². The fraction of sp³-hybridized carbons (Fsp3) is 0.143. The second-order valence-electron chi connectivity index (χ2n) is 4.41. The first-order valence-corrected chi connectivity index (χ1v) is 6.20. The number of primary amides is 1. The Hall–Kier alpha value is -3.16. The molecule has 8 nitrogen and oxygen atoms in total. The van der Waals surface area contributed by atoms with Gasteiger partial charge in [-0.25, -0.2) is 9.48 Å². The van der Waals surface area contributed by atoms with Crippen LogP contribution >= 0.6 is 0 Å². The van der Waals surface area contributed by atoms with Crippen LogP contribution in [0, 0.1) is 0 Å². The van der Waals surface area contributed by atoms with E-state index in [2.05, 4.69) is 5.10 Å². The van der Waals surface area contributed by atoms with Gasteiger partial charge in [-0.05, 0) is 18.2 Å². The average molecular weight is 303 g/mol. The lowest BCUT2D eigenvalue weighted by molar-refractivity contribution is -0.118. The molecule has 2 aromatic rings. The molecule has 1 aromatic heterocycles. The molecule has 0 atom stereocenters. The minimum Gasteiger partial charge on any atom is -0.497 e. The number of nitrogens with zero attached hydrogens (tertiary/aromatic N) is 2. The van der Waals surface area contributed by atoms with Crippen LogP contribution in [0.1, 0.15) is 10.4 Å². The lowest BCUT2D eigenvalue weighted by atomic mass is 10.1. The summed E-state index contributed by atoms with van der Waals surface area (Å²) in [5, 5.41) is 13.1. The molecular weight excluding hydrogens is 290 g/mol. The summed E-state index contributed by atoms with van der Waals surface area (Å²) in [6.07, 6.45) is 0. The zero-order valence-electron chi connectivity index (χ0n) is 11.6. The maximum Gasteiger partial charge on any atom is 0.341 e. The van der Waals surface area contributed by atoms with Crippen LogP contribution < -0.4 is 16.0 Å². The number of carbonyl (C=O) groups is 2. The number of hydrogen-bond acceptors (Lipinski definition) is 5. The van der Waals surface area contributed by atoms with Crippen molar-refractivity contribution in [2.75, 3.05) is 7.11 Å². The van der Waals surface area contributed by atoms with E-state index in [4.69, 9.17) is 15.6 Å². The first kappa shape index (κ1) is 15.2. The molecule has 0 radical (unpaired) electrons. The summed E-state index contributed by atoms with van der Waals surface area (Å²) in [6, 6.07) is 7.86. The number of carboxylic acids is 1. The molecule has 0 saturated carbocycles. The van der Waals surface area contributed by atoms with Crippen LogP contribution in [0.5, 0.6) is 5.75 Å². The van der Waals surface area contributed by atoms with Gasteiger partial charge in [-0.1, -0.05) is 12.1 Å². The monoisotopic (exact) mass is 303 g/mol. The summed E-state index contributed by atoms with van der Waals surface area (Å²) < 4.78 is 5.82. The molecule has 22 heavy (non-hydrogen) atoms. The molecule has 1 amide bonds. The second kappa shape index (κ2) is 6.08. The van der Waals surface area contributed by atoms with Crippen molar-refractivity contribution in [2.24, 2.45) is 5.73 Å². The van der Waals surface area contributed by atoms with Crippen LogP contribution in [-0.4, -0.2) is 33.9 Å². The predicted molar refractivity (Wildman–Crippen MR) is 76.6 cm³/mol. The molecule has 0 spiro atoms. The van der Waals surface area contributed by atoms with E-state index in [-0.39, 0.29) is 5.69 Å². The van der Waals surface area contributed by atoms with E-state index in [9.17, 15) is 14.4 Å². The summed E-state index contributed by atoms with van der Waals surface area (Å²) in [5.41, 5.74) is 4.43. The number of nitrogens with two attached hydrogens (primary N) is 1. The Morgan fingerprint density at radius 1 is 1.36 bits per heavy atom. The first-order valence-electron chi connectivity index (χ1n) is 6.20. The van der Waals surface area contributed by atoms with Crippen LogP contribution in [0.3, 0.4) is 0 Å². The van der Waals surface area contributed by atoms with Crippen LogP contribution in [-0.2, 0) is 11.3 Å². The molecule has 8 heteroatoms. The van der Waals surface area contributed by atoms with Crippen LogP contribution in [0.25, 0.3) is 11.3 Å². The number of aromatic nitrogens is 2. The van der Waals surface area contributed by atoms with Gasteiger partial charge >= 0.3 is 5.97 Å². The van der Waals surface area contributed by atoms with E-state index < -0.39 is 29.5 Å². The van der Waals surface area contributed by atoms with Gasteiger partial charge in [0.25, 0.3) is 5.56 Å². The molecular formula is C14H13N3O5. The Morgan fingerprint density at radius 3 is 2.68 bits per heavy atom. The van der Waals surface area contributed by atoms with E-state index >= 15 is 0 Å². The summed E-state index contributed by atoms with van der Waals surface area (Å²) in [7, 11) is 1.49. The van der Waals surface area contributed by atoms with Crippen LogP contribution in [0.15, 0.2) is 35.1 Å². The zero-order valence-corrected chi connectivity index (χ0v) is 11.6. The molecule has 114 valence electrons. The molecule has 0 fully saturated rings. The molecule has 0 unspecified atom stereocenters. The Morgan fingerprint density at radius 2 is 2.09 bits per heavy atom. The van der Waals surface area contributed by atoms with Gasteiger partial charge in [-0.2, -0.15) is 5.10 Å². The van der Waals surface area contributed by atoms with E-state index in [0.29, 0.717) is 11.3 Å². The highest BCUT2D eigenvalue weighted by atomic mass is 16.5. The van der Waals surface area contributed by atoms with E-state index in [1.54, 1.807) is 24.3 Å². The van der Waals surface area contributed by atoms with E-state index in [1.807, 2.05) is 0 Å². The van der Waals surface area contributed by atoms with Crippen LogP contribution in [0.2, 0.25) is 0 Å². The van der Waals surface area contributed by atoms with Gasteiger partial charge in [0, 0.05) is 5.56 Å². The fourth-order valence-electron chi connectivity index (χ4n) is 1.87. The summed E-state index contributed by atoms with van der Waals surface area (Å²) in [4.78, 5) is 34.1. The highest BCUT2D eigenvalue weighted by molar-refractivity contribution is 5.88. The fourth-order valence-corrected chi connectivity index (χ4v) is 1.87. The number of carboxylic acid groups (broad SMARTS) is 1. The first-order chi connectivity index (χ1) is 10.4. The summed E-state index contributed by atoms with van der Waals surface area (Å²) in [5.74, 6) is -1.66. The number of ether oxygens (including phenoxy) is 1. The normalized spacial score (nSPS) is 10.2. The average Bonchev–Trinajstić information content (AvgIpc) is 2.48. The molecule has 0 bridgehead atoms. The van der Waals surface area contributed by atoms with E-state index in [1.165, 1.54) is 7.11 Å². The standard InChI is InChI=1S/C14H13N3O5/c1-22-9-4-2-3-8(5-9)11-6-10(14(20)21)13(19)17(16-11)7-12(15)18/h2-6H,7H2,1H3,(H2,15,18)(H,20,21). The van der Waals surface area contributed by atoms with Crippen molar-refractivity contribution >= 4 is 11.9 Å². The number of hydrogen-bond donors (Lipinski definition) is 2. The Kier molecular flexibility index (Phi) is 4.21. The highest BCUT2D eigenvalue weighted by Gasteiger charge is 2.16. The van der Waals surface area contributed by atoms with Gasteiger partial charge in [0.05, 0.1) is 12.8 Å². The number of methoxy groups -OCH3 is 1. The number of aromatic carboxylic acids is 1. The Balaban J connectivity index is 2.65. The minimum atomic E-state index is -1.41. The zero-order chi connectivity index (χ0) is 16.3. The number of carbonyl (C=O) groups excluding carboxylic acids is 1. The van der Waals surface area contributed by atoms with Gasteiger partial charge in [-0.15, -0.1) is 0 Å². The van der Waals surface area contributed by atoms with Crippen molar-refractivity contribution in [3.8, 4) is 17.0 Å². The number of amides is 1. The molecule has 0 aliphatic carbocycles. The lowest BCUT2D eigenvalue weighted by Crippen LogP contribution is -2.33. The SMILES string of the molecule is COc1cccc(-c2cc(C(=O)O)c(=O)n(CC(N)=O)n2)c1. The molecule has 0 aliphatic heterocycles.